The van der Waals surface area contributed by atoms with Crippen molar-refractivity contribution < 1.29 is 22.3 Å². The van der Waals surface area contributed by atoms with Crippen molar-refractivity contribution in [1.82, 2.24) is 14.5 Å². The Hall–Kier alpha value is -4.42. The molecule has 3 aliphatic rings. The van der Waals surface area contributed by atoms with E-state index in [-0.39, 0.29) is 33.5 Å². The van der Waals surface area contributed by atoms with E-state index < -0.39 is 21.3 Å². The van der Waals surface area contributed by atoms with Crippen LogP contribution in [0.3, 0.4) is 0 Å². The van der Waals surface area contributed by atoms with E-state index in [1.54, 1.807) is 42.5 Å². The maximum absolute atomic E-state index is 15.1. The fourth-order valence-corrected chi connectivity index (χ4v) is 10.6. The summed E-state index contributed by atoms with van der Waals surface area (Å²) < 4.78 is 49.4. The van der Waals surface area contributed by atoms with Gasteiger partial charge in [0.25, 0.3) is 0 Å². The monoisotopic (exact) mass is 728 g/mol. The molecular formula is C40H49FN6O4S. The van der Waals surface area contributed by atoms with E-state index in [4.69, 9.17) is 16.2 Å². The predicted molar refractivity (Wildman–Crippen MR) is 199 cm³/mol. The number of ether oxygens (including phenoxy) is 1. The number of amides is 1. The van der Waals surface area contributed by atoms with Crippen LogP contribution in [-0.2, 0) is 33.0 Å². The summed E-state index contributed by atoms with van der Waals surface area (Å²) in [4.78, 5) is 22.0. The van der Waals surface area contributed by atoms with E-state index in [1.807, 2.05) is 24.5 Å². The van der Waals surface area contributed by atoms with Crippen LogP contribution in [0.2, 0.25) is 0 Å². The maximum Gasteiger partial charge on any atom is 0.404 e. The minimum Gasteiger partial charge on any atom is -0.446 e. The highest BCUT2D eigenvalue weighted by Gasteiger charge is 2.53. The van der Waals surface area contributed by atoms with Crippen LogP contribution in [-0.4, -0.2) is 67.8 Å². The quantitative estimate of drug-likeness (QED) is 0.168. The fraction of sp³-hybridized carbons (Fsp3) is 0.450. The normalized spacial score (nSPS) is 21.5. The standard InChI is InChI=1S/C40H49FN6O4S/c1-2-38-44-18-21-46(38)27-40(30-6-3-7-31(41)22-30,36-10-5-11-37(36)51-39(43)48)29-16-19-45(20-17-29)24-28-25-47(26-28)33-12-14-34(15-13-33)52(49,50)35-9-4-8-32(42)23-35/h3-4,6-9,12-15,18,21-23,28-29,36-37H,2,5,10-11,16-17,19-20,24-27,42H2,1H3,(H2,43,48)/t36-,37-,40-/m0/s1. The Morgan fingerprint density at radius 2 is 1.73 bits per heavy atom. The van der Waals surface area contributed by atoms with Gasteiger partial charge in [-0.25, -0.2) is 22.6 Å². The lowest BCUT2D eigenvalue weighted by atomic mass is 9.58. The molecule has 3 atom stereocenters. The fourth-order valence-electron chi connectivity index (χ4n) is 9.30. The van der Waals surface area contributed by atoms with Gasteiger partial charge >= 0.3 is 6.09 Å². The second-order valence-electron chi connectivity index (χ2n) is 14.8. The molecule has 3 heterocycles. The summed E-state index contributed by atoms with van der Waals surface area (Å²) in [6.45, 7) is 7.37. The highest BCUT2D eigenvalue weighted by Crippen LogP contribution is 2.52. The van der Waals surface area contributed by atoms with Crippen molar-refractivity contribution in [2.24, 2.45) is 23.5 Å². The molecule has 7 rings (SSSR count). The number of sulfone groups is 1. The third kappa shape index (κ3) is 7.15. The molecule has 0 spiro atoms. The SMILES string of the molecule is CCc1nccn1C[C@@](c1cccc(F)c1)(C1CCN(CC2CN(c3ccc(S(=O)(=O)c4cccc(N)c4)cc3)C2)CC1)[C@H]1CCC[C@@H]1OC(N)=O. The molecule has 1 amide bonds. The van der Waals surface area contributed by atoms with Gasteiger partial charge in [0.05, 0.1) is 9.79 Å². The first-order valence-corrected chi connectivity index (χ1v) is 19.9. The molecular weight excluding hydrogens is 680 g/mol. The first kappa shape index (κ1) is 36.0. The molecule has 3 fully saturated rings. The topological polar surface area (TPSA) is 137 Å². The number of nitrogen functional groups attached to an aromatic ring is 1. The zero-order chi connectivity index (χ0) is 36.5. The van der Waals surface area contributed by atoms with E-state index in [0.717, 1.165) is 88.3 Å². The second kappa shape index (κ2) is 14.9. The first-order chi connectivity index (χ1) is 25.1. The van der Waals surface area contributed by atoms with Gasteiger partial charge in [-0.1, -0.05) is 25.1 Å². The van der Waals surface area contributed by atoms with E-state index in [0.29, 0.717) is 18.2 Å². The second-order valence-corrected chi connectivity index (χ2v) is 16.8. The molecule has 276 valence electrons. The summed E-state index contributed by atoms with van der Waals surface area (Å²) in [5.41, 5.74) is 13.3. The summed E-state index contributed by atoms with van der Waals surface area (Å²) in [6.07, 6.45) is 7.95. The highest BCUT2D eigenvalue weighted by atomic mass is 32.2. The molecule has 0 unspecified atom stereocenters. The lowest BCUT2D eigenvalue weighted by molar-refractivity contribution is 0.00364. The van der Waals surface area contributed by atoms with Crippen LogP contribution >= 0.6 is 0 Å². The average molecular weight is 729 g/mol. The van der Waals surface area contributed by atoms with Gasteiger partial charge in [0.2, 0.25) is 9.84 Å². The molecule has 1 aromatic heterocycles. The van der Waals surface area contributed by atoms with Gasteiger partial charge in [-0.3, -0.25) is 0 Å². The third-order valence-corrected chi connectivity index (χ3v) is 13.5. The van der Waals surface area contributed by atoms with Gasteiger partial charge < -0.3 is 30.6 Å². The number of halogens is 1. The molecule has 2 aliphatic heterocycles. The number of piperidine rings is 1. The largest absolute Gasteiger partial charge is 0.446 e. The summed E-state index contributed by atoms with van der Waals surface area (Å²) in [7, 11) is -3.65. The summed E-state index contributed by atoms with van der Waals surface area (Å²) in [5.74, 6) is 1.42. The van der Waals surface area contributed by atoms with Crippen molar-refractivity contribution in [2.75, 3.05) is 43.4 Å². The smallest absolute Gasteiger partial charge is 0.404 e. The van der Waals surface area contributed by atoms with Gasteiger partial charge in [-0.2, -0.15) is 0 Å². The minimum absolute atomic E-state index is 0.0159. The minimum atomic E-state index is -3.65. The molecule has 4 N–H and O–H groups in total. The molecule has 10 nitrogen and oxygen atoms in total. The number of primary amides is 1. The van der Waals surface area contributed by atoms with Crippen molar-refractivity contribution in [3.8, 4) is 0 Å². The lowest BCUT2D eigenvalue weighted by Gasteiger charge is -2.51. The number of rotatable bonds is 12. The molecule has 4 aromatic rings. The third-order valence-electron chi connectivity index (χ3n) is 11.8. The number of likely N-dealkylation sites (tertiary alicyclic amines) is 1. The number of anilines is 2. The number of hydrogen-bond donors (Lipinski definition) is 2. The van der Waals surface area contributed by atoms with Crippen LogP contribution in [0.25, 0.3) is 0 Å². The Kier molecular flexibility index (Phi) is 10.3. The van der Waals surface area contributed by atoms with Crippen LogP contribution in [0.1, 0.15) is 50.4 Å². The van der Waals surface area contributed by atoms with Crippen LogP contribution in [0.15, 0.2) is 95.0 Å². The summed E-state index contributed by atoms with van der Waals surface area (Å²) in [6, 6.07) is 20.5. The molecule has 1 saturated carbocycles. The molecule has 3 aromatic carbocycles. The Bertz CT molecular complexity index is 1970. The highest BCUT2D eigenvalue weighted by molar-refractivity contribution is 7.91. The van der Waals surface area contributed by atoms with E-state index in [2.05, 4.69) is 32.3 Å². The van der Waals surface area contributed by atoms with Gasteiger partial charge in [-0.15, -0.1) is 0 Å². The van der Waals surface area contributed by atoms with Gasteiger partial charge in [0, 0.05) is 73.6 Å². The first-order valence-electron chi connectivity index (χ1n) is 18.5. The van der Waals surface area contributed by atoms with E-state index in [1.165, 1.54) is 12.1 Å². The Labute approximate surface area is 305 Å². The number of hydrogen-bond acceptors (Lipinski definition) is 8. The molecule has 12 heteroatoms. The van der Waals surface area contributed by atoms with Crippen molar-refractivity contribution in [2.45, 2.75) is 73.3 Å². The van der Waals surface area contributed by atoms with E-state index >= 15 is 4.39 Å². The summed E-state index contributed by atoms with van der Waals surface area (Å²) in [5, 5.41) is 0. The number of carbonyl (C=O) groups is 1. The number of nitrogens with two attached hydrogens (primary N) is 2. The van der Waals surface area contributed by atoms with Gasteiger partial charge in [0.15, 0.2) is 0 Å². The van der Waals surface area contributed by atoms with Gasteiger partial charge in [-0.05, 0) is 111 Å². The Morgan fingerprint density at radius 3 is 2.42 bits per heavy atom. The number of nitrogens with zero attached hydrogens (tertiary/aromatic N) is 4. The average Bonchev–Trinajstić information content (AvgIpc) is 3.78. The maximum atomic E-state index is 15.1. The van der Waals surface area contributed by atoms with Crippen LogP contribution in [0.5, 0.6) is 0 Å². The Morgan fingerprint density at radius 1 is 0.981 bits per heavy atom. The van der Waals surface area contributed by atoms with Crippen LogP contribution in [0.4, 0.5) is 20.6 Å². The molecule has 1 aliphatic carbocycles. The van der Waals surface area contributed by atoms with Crippen molar-refractivity contribution >= 4 is 27.3 Å². The van der Waals surface area contributed by atoms with Crippen LogP contribution in [0, 0.1) is 23.6 Å². The zero-order valence-corrected chi connectivity index (χ0v) is 30.6. The number of aryl methyl sites for hydroxylation is 1. The number of imidazole rings is 1. The number of aromatic nitrogens is 2. The predicted octanol–water partition coefficient (Wildman–Crippen LogP) is 6.05. The summed E-state index contributed by atoms with van der Waals surface area (Å²) >= 11 is 0. The van der Waals surface area contributed by atoms with Gasteiger partial charge in [0.1, 0.15) is 17.7 Å². The van der Waals surface area contributed by atoms with Crippen molar-refractivity contribution in [1.29, 1.82) is 0 Å². The van der Waals surface area contributed by atoms with Crippen molar-refractivity contribution in [3.63, 3.8) is 0 Å². The molecule has 2 saturated heterocycles. The van der Waals surface area contributed by atoms with E-state index in [9.17, 15) is 13.2 Å². The number of carbonyl (C=O) groups excluding carboxylic acids is 1. The number of benzene rings is 3. The van der Waals surface area contributed by atoms with Crippen molar-refractivity contribution in [3.05, 3.63) is 102 Å². The van der Waals surface area contributed by atoms with Crippen LogP contribution < -0.4 is 16.4 Å². The Balaban J connectivity index is 1.05. The molecule has 52 heavy (non-hydrogen) atoms. The lowest BCUT2D eigenvalue weighted by Crippen LogP contribution is -2.55. The molecule has 0 radical (unpaired) electrons. The zero-order valence-electron chi connectivity index (χ0n) is 29.7. The molecule has 0 bridgehead atoms.